The lowest BCUT2D eigenvalue weighted by atomic mass is 10.0. The molecule has 4 rings (SSSR count). The van der Waals surface area contributed by atoms with Crippen LogP contribution in [-0.4, -0.2) is 51.5 Å². The SMILES string of the molecule is Cc1c(CC(=O)N2CCC(NCC3CC3)CC2)nnn1-c1ccccc1. The number of benzene rings is 1. The highest BCUT2D eigenvalue weighted by Gasteiger charge is 2.26. The Morgan fingerprint density at radius 2 is 1.88 bits per heavy atom. The topological polar surface area (TPSA) is 63.1 Å². The van der Waals surface area contributed by atoms with Crippen molar-refractivity contribution in [3.63, 3.8) is 0 Å². The van der Waals surface area contributed by atoms with Crippen molar-refractivity contribution in [3.05, 3.63) is 41.7 Å². The third kappa shape index (κ3) is 3.96. The summed E-state index contributed by atoms with van der Waals surface area (Å²) in [5.41, 5.74) is 2.68. The van der Waals surface area contributed by atoms with E-state index in [4.69, 9.17) is 0 Å². The van der Waals surface area contributed by atoms with E-state index in [1.807, 2.05) is 42.2 Å². The fourth-order valence-corrected chi connectivity index (χ4v) is 3.58. The van der Waals surface area contributed by atoms with E-state index >= 15 is 0 Å². The minimum atomic E-state index is 0.161. The van der Waals surface area contributed by atoms with Crippen molar-refractivity contribution in [1.82, 2.24) is 25.2 Å². The number of aromatic nitrogens is 3. The lowest BCUT2D eigenvalue weighted by Crippen LogP contribution is -2.45. The van der Waals surface area contributed by atoms with Crippen molar-refractivity contribution in [3.8, 4) is 5.69 Å². The van der Waals surface area contributed by atoms with E-state index in [1.165, 1.54) is 12.8 Å². The number of nitrogens with zero attached hydrogens (tertiary/aromatic N) is 4. The Balaban J connectivity index is 1.32. The Kier molecular flexibility index (Phi) is 5.02. The molecule has 0 radical (unpaired) electrons. The van der Waals surface area contributed by atoms with Gasteiger partial charge in [-0.15, -0.1) is 5.10 Å². The van der Waals surface area contributed by atoms with Crippen molar-refractivity contribution < 1.29 is 4.79 Å². The first-order valence-corrected chi connectivity index (χ1v) is 9.68. The first-order valence-electron chi connectivity index (χ1n) is 9.68. The van der Waals surface area contributed by atoms with Gasteiger partial charge in [-0.25, -0.2) is 4.68 Å². The van der Waals surface area contributed by atoms with E-state index in [2.05, 4.69) is 15.6 Å². The first kappa shape index (κ1) is 17.2. The second-order valence-corrected chi connectivity index (χ2v) is 7.55. The smallest absolute Gasteiger partial charge is 0.228 e. The summed E-state index contributed by atoms with van der Waals surface area (Å²) < 4.78 is 1.80. The summed E-state index contributed by atoms with van der Waals surface area (Å²) in [4.78, 5) is 14.7. The van der Waals surface area contributed by atoms with E-state index in [-0.39, 0.29) is 5.91 Å². The number of likely N-dealkylation sites (tertiary alicyclic amines) is 1. The van der Waals surface area contributed by atoms with Gasteiger partial charge in [0.1, 0.15) is 0 Å². The highest BCUT2D eigenvalue weighted by atomic mass is 16.2. The molecule has 1 saturated heterocycles. The molecular formula is C20H27N5O. The van der Waals surface area contributed by atoms with Crippen molar-refractivity contribution >= 4 is 5.91 Å². The molecular weight excluding hydrogens is 326 g/mol. The van der Waals surface area contributed by atoms with Crippen LogP contribution >= 0.6 is 0 Å². The lowest BCUT2D eigenvalue weighted by molar-refractivity contribution is -0.131. The summed E-state index contributed by atoms with van der Waals surface area (Å²) in [5.74, 6) is 1.07. The minimum absolute atomic E-state index is 0.161. The van der Waals surface area contributed by atoms with Gasteiger partial charge in [0.15, 0.2) is 0 Å². The van der Waals surface area contributed by atoms with Crippen LogP contribution in [0.15, 0.2) is 30.3 Å². The van der Waals surface area contributed by atoms with E-state index in [0.29, 0.717) is 12.5 Å². The quantitative estimate of drug-likeness (QED) is 0.864. The highest BCUT2D eigenvalue weighted by molar-refractivity contribution is 5.78. The molecule has 2 aliphatic rings. The zero-order chi connectivity index (χ0) is 17.9. The Morgan fingerprint density at radius 1 is 1.15 bits per heavy atom. The number of rotatable bonds is 6. The number of amides is 1. The van der Waals surface area contributed by atoms with Crippen molar-refractivity contribution in [2.24, 2.45) is 5.92 Å². The molecule has 0 atom stereocenters. The minimum Gasteiger partial charge on any atom is -0.342 e. The maximum Gasteiger partial charge on any atom is 0.228 e. The lowest BCUT2D eigenvalue weighted by Gasteiger charge is -2.32. The largest absolute Gasteiger partial charge is 0.342 e. The van der Waals surface area contributed by atoms with Crippen molar-refractivity contribution in [2.75, 3.05) is 19.6 Å². The van der Waals surface area contributed by atoms with Gasteiger partial charge in [-0.1, -0.05) is 23.4 Å². The van der Waals surface area contributed by atoms with Gasteiger partial charge in [0.25, 0.3) is 0 Å². The predicted octanol–water partition coefficient (Wildman–Crippen LogP) is 2.11. The second-order valence-electron chi connectivity index (χ2n) is 7.55. The number of carbonyl (C=O) groups excluding carboxylic acids is 1. The van der Waals surface area contributed by atoms with Crippen LogP contribution in [0.25, 0.3) is 5.69 Å². The maximum absolute atomic E-state index is 12.7. The fraction of sp³-hybridized carbons (Fsp3) is 0.550. The normalized spacial score (nSPS) is 18.3. The van der Waals surface area contributed by atoms with Gasteiger partial charge in [-0.05, 0) is 57.2 Å². The average molecular weight is 353 g/mol. The van der Waals surface area contributed by atoms with Crippen LogP contribution < -0.4 is 5.32 Å². The summed E-state index contributed by atoms with van der Waals surface area (Å²) >= 11 is 0. The van der Waals surface area contributed by atoms with Crippen LogP contribution in [0.2, 0.25) is 0 Å². The van der Waals surface area contributed by atoms with Crippen molar-refractivity contribution in [1.29, 1.82) is 0 Å². The van der Waals surface area contributed by atoms with Gasteiger partial charge < -0.3 is 10.2 Å². The van der Waals surface area contributed by atoms with Crippen LogP contribution in [-0.2, 0) is 11.2 Å². The van der Waals surface area contributed by atoms with E-state index in [9.17, 15) is 4.79 Å². The molecule has 1 saturated carbocycles. The molecule has 0 bridgehead atoms. The number of para-hydroxylation sites is 1. The van der Waals surface area contributed by atoms with Crippen LogP contribution in [0.5, 0.6) is 0 Å². The van der Waals surface area contributed by atoms with Gasteiger partial charge in [0.05, 0.1) is 23.5 Å². The summed E-state index contributed by atoms with van der Waals surface area (Å²) in [6, 6.07) is 10.5. The van der Waals surface area contributed by atoms with Crippen LogP contribution in [0, 0.1) is 12.8 Å². The first-order chi connectivity index (χ1) is 12.7. The molecule has 6 heteroatoms. The van der Waals surface area contributed by atoms with E-state index < -0.39 is 0 Å². The molecule has 138 valence electrons. The van der Waals surface area contributed by atoms with Gasteiger partial charge >= 0.3 is 0 Å². The van der Waals surface area contributed by atoms with Crippen LogP contribution in [0.3, 0.4) is 0 Å². The number of piperidine rings is 1. The molecule has 1 N–H and O–H groups in total. The summed E-state index contributed by atoms with van der Waals surface area (Å²) in [7, 11) is 0. The standard InChI is InChI=1S/C20H27N5O/c1-15-19(22-23-25(15)18-5-3-2-4-6-18)13-20(26)24-11-9-17(10-12-24)21-14-16-7-8-16/h2-6,16-17,21H,7-14H2,1H3. The molecule has 0 unspecified atom stereocenters. The number of carbonyl (C=O) groups is 1. The van der Waals surface area contributed by atoms with Gasteiger partial charge in [0, 0.05) is 19.1 Å². The molecule has 0 spiro atoms. The molecule has 1 aliphatic carbocycles. The average Bonchev–Trinajstić information content (AvgIpc) is 3.44. The van der Waals surface area contributed by atoms with Gasteiger partial charge in [0.2, 0.25) is 5.91 Å². The second kappa shape index (κ2) is 7.58. The summed E-state index contributed by atoms with van der Waals surface area (Å²) in [6.45, 7) is 4.81. The number of hydrogen-bond acceptors (Lipinski definition) is 4. The molecule has 6 nitrogen and oxygen atoms in total. The number of nitrogens with one attached hydrogen (secondary N) is 1. The van der Waals surface area contributed by atoms with Crippen molar-refractivity contribution in [2.45, 2.75) is 45.1 Å². The molecule has 2 heterocycles. The Morgan fingerprint density at radius 3 is 2.58 bits per heavy atom. The van der Waals surface area contributed by atoms with E-state index in [0.717, 1.165) is 55.5 Å². The third-order valence-corrected chi connectivity index (χ3v) is 5.55. The summed E-state index contributed by atoms with van der Waals surface area (Å²) in [5, 5.41) is 12.1. The molecule has 2 fully saturated rings. The highest BCUT2D eigenvalue weighted by Crippen LogP contribution is 2.28. The van der Waals surface area contributed by atoms with Gasteiger partial charge in [-0.2, -0.15) is 0 Å². The zero-order valence-corrected chi connectivity index (χ0v) is 15.4. The summed E-state index contributed by atoms with van der Waals surface area (Å²) in [6.07, 6.45) is 5.20. The van der Waals surface area contributed by atoms with E-state index in [1.54, 1.807) is 4.68 Å². The van der Waals surface area contributed by atoms with Gasteiger partial charge in [-0.3, -0.25) is 4.79 Å². The fourth-order valence-electron chi connectivity index (χ4n) is 3.58. The number of hydrogen-bond donors (Lipinski definition) is 1. The molecule has 1 aromatic heterocycles. The Bertz CT molecular complexity index is 745. The molecule has 2 aromatic rings. The Hall–Kier alpha value is -2.21. The molecule has 26 heavy (non-hydrogen) atoms. The molecule has 1 aliphatic heterocycles. The monoisotopic (exact) mass is 353 g/mol. The Labute approximate surface area is 154 Å². The zero-order valence-electron chi connectivity index (χ0n) is 15.4. The third-order valence-electron chi connectivity index (χ3n) is 5.55. The maximum atomic E-state index is 12.7. The molecule has 1 amide bonds. The van der Waals surface area contributed by atoms with Crippen LogP contribution in [0.1, 0.15) is 37.1 Å². The predicted molar refractivity (Wildman–Crippen MR) is 100 cm³/mol. The van der Waals surface area contributed by atoms with Crippen LogP contribution in [0.4, 0.5) is 0 Å². The molecule has 1 aromatic carbocycles.